The third-order valence-electron chi connectivity index (χ3n) is 3.70. The summed E-state index contributed by atoms with van der Waals surface area (Å²) in [5.41, 5.74) is 5.49. The third kappa shape index (κ3) is 5.00. The molecule has 0 aliphatic carbocycles. The molecular weight excluding hydrogens is 256 g/mol. The monoisotopic (exact) mass is 282 g/mol. The normalized spacial score (nSPS) is 11.0. The van der Waals surface area contributed by atoms with Crippen LogP contribution in [0, 0.1) is 6.92 Å². The van der Waals surface area contributed by atoms with Crippen LogP contribution in [0.1, 0.15) is 29.2 Å². The Bertz CT molecular complexity index is 546. The summed E-state index contributed by atoms with van der Waals surface area (Å²) >= 11 is 0. The number of benzene rings is 2. The fourth-order valence-electron chi connectivity index (χ4n) is 2.50. The average Bonchev–Trinajstić information content (AvgIpc) is 2.49. The van der Waals surface area contributed by atoms with Crippen molar-refractivity contribution in [3.8, 4) is 0 Å². The highest BCUT2D eigenvalue weighted by molar-refractivity contribution is 5.27. The quantitative estimate of drug-likeness (QED) is 0.832. The van der Waals surface area contributed by atoms with E-state index >= 15 is 0 Å². The molecule has 0 unspecified atom stereocenters. The first-order valence-electron chi connectivity index (χ1n) is 7.70. The molecule has 2 aromatic carbocycles. The highest BCUT2D eigenvalue weighted by atomic mass is 15.1. The van der Waals surface area contributed by atoms with Gasteiger partial charge in [-0.1, -0.05) is 61.0 Å². The van der Waals surface area contributed by atoms with Crippen molar-refractivity contribution in [2.45, 2.75) is 33.5 Å². The van der Waals surface area contributed by atoms with Gasteiger partial charge in [-0.2, -0.15) is 0 Å². The van der Waals surface area contributed by atoms with Gasteiger partial charge in [-0.25, -0.2) is 0 Å². The molecule has 21 heavy (non-hydrogen) atoms. The minimum Gasteiger partial charge on any atom is -0.313 e. The summed E-state index contributed by atoms with van der Waals surface area (Å²) in [5, 5.41) is 3.42. The first-order valence-corrected chi connectivity index (χ1v) is 7.70. The molecule has 0 atom stereocenters. The predicted molar refractivity (Wildman–Crippen MR) is 90.2 cm³/mol. The summed E-state index contributed by atoms with van der Waals surface area (Å²) in [4.78, 5) is 2.37. The zero-order valence-electron chi connectivity index (χ0n) is 13.4. The molecule has 1 N–H and O–H groups in total. The maximum absolute atomic E-state index is 3.42. The summed E-state index contributed by atoms with van der Waals surface area (Å²) in [6, 6.07) is 17.5. The number of aryl methyl sites for hydroxylation is 1. The fraction of sp³-hybridized carbons (Fsp3) is 0.368. The van der Waals surface area contributed by atoms with E-state index in [1.165, 1.54) is 22.3 Å². The number of nitrogens with zero attached hydrogens (tertiary/aromatic N) is 1. The van der Waals surface area contributed by atoms with Crippen LogP contribution in [0.4, 0.5) is 0 Å². The predicted octanol–water partition coefficient (Wildman–Crippen LogP) is 3.74. The van der Waals surface area contributed by atoms with Gasteiger partial charge in [0.2, 0.25) is 0 Å². The smallest absolute Gasteiger partial charge is 0.0237 e. The largest absolute Gasteiger partial charge is 0.313 e. The number of rotatable bonds is 7. The fourth-order valence-corrected chi connectivity index (χ4v) is 2.50. The lowest BCUT2D eigenvalue weighted by Gasteiger charge is -2.19. The van der Waals surface area contributed by atoms with Gasteiger partial charge < -0.3 is 5.32 Å². The first kappa shape index (κ1) is 15.7. The van der Waals surface area contributed by atoms with Crippen molar-refractivity contribution in [1.82, 2.24) is 10.2 Å². The molecule has 2 nitrogen and oxygen atoms in total. The summed E-state index contributed by atoms with van der Waals surface area (Å²) in [7, 11) is 2.18. The Hall–Kier alpha value is -1.64. The van der Waals surface area contributed by atoms with E-state index in [4.69, 9.17) is 0 Å². The number of nitrogens with one attached hydrogen (secondary N) is 1. The van der Waals surface area contributed by atoms with Crippen LogP contribution in [0.25, 0.3) is 0 Å². The first-order chi connectivity index (χ1) is 10.2. The van der Waals surface area contributed by atoms with E-state index in [0.29, 0.717) is 0 Å². The van der Waals surface area contributed by atoms with Gasteiger partial charge in [-0.05, 0) is 37.2 Å². The lowest BCUT2D eigenvalue weighted by Crippen LogP contribution is -2.20. The zero-order chi connectivity index (χ0) is 15.1. The second kappa shape index (κ2) is 7.96. The molecule has 2 aromatic rings. The molecule has 0 saturated heterocycles. The highest BCUT2D eigenvalue weighted by Gasteiger charge is 2.06. The van der Waals surface area contributed by atoms with Crippen LogP contribution in [0.15, 0.2) is 48.5 Å². The van der Waals surface area contributed by atoms with Gasteiger partial charge >= 0.3 is 0 Å². The summed E-state index contributed by atoms with van der Waals surface area (Å²) in [6.07, 6.45) is 0. The third-order valence-corrected chi connectivity index (χ3v) is 3.70. The van der Waals surface area contributed by atoms with Crippen molar-refractivity contribution in [3.05, 3.63) is 70.8 Å². The molecule has 0 saturated carbocycles. The number of hydrogen-bond donors (Lipinski definition) is 1. The van der Waals surface area contributed by atoms with Crippen LogP contribution in [0.3, 0.4) is 0 Å². The van der Waals surface area contributed by atoms with Crippen molar-refractivity contribution < 1.29 is 0 Å². The molecular formula is C19H26N2. The molecule has 0 aromatic heterocycles. The molecule has 0 bridgehead atoms. The molecule has 0 radical (unpaired) electrons. The molecule has 0 amide bonds. The Balaban J connectivity index is 1.98. The van der Waals surface area contributed by atoms with E-state index in [-0.39, 0.29) is 0 Å². The Morgan fingerprint density at radius 3 is 2.24 bits per heavy atom. The van der Waals surface area contributed by atoms with Crippen molar-refractivity contribution in [1.29, 1.82) is 0 Å². The van der Waals surface area contributed by atoms with Crippen molar-refractivity contribution in [3.63, 3.8) is 0 Å². The van der Waals surface area contributed by atoms with E-state index in [1.807, 2.05) is 0 Å². The molecule has 0 fully saturated rings. The zero-order valence-corrected chi connectivity index (χ0v) is 13.4. The molecule has 0 aliphatic rings. The Morgan fingerprint density at radius 1 is 0.905 bits per heavy atom. The van der Waals surface area contributed by atoms with Gasteiger partial charge in [0.25, 0.3) is 0 Å². The van der Waals surface area contributed by atoms with E-state index in [0.717, 1.165) is 26.2 Å². The van der Waals surface area contributed by atoms with Gasteiger partial charge in [0.15, 0.2) is 0 Å². The van der Waals surface area contributed by atoms with Gasteiger partial charge in [-0.15, -0.1) is 0 Å². The Labute approximate surface area is 128 Å². The lowest BCUT2D eigenvalue weighted by atomic mass is 10.1. The van der Waals surface area contributed by atoms with Crippen LogP contribution >= 0.6 is 0 Å². The maximum atomic E-state index is 3.42. The summed E-state index contributed by atoms with van der Waals surface area (Å²) in [6.45, 7) is 8.19. The molecule has 0 spiro atoms. The van der Waals surface area contributed by atoms with Gasteiger partial charge in [-0.3, -0.25) is 4.90 Å². The molecule has 2 rings (SSSR count). The van der Waals surface area contributed by atoms with E-state index < -0.39 is 0 Å². The Morgan fingerprint density at radius 2 is 1.57 bits per heavy atom. The van der Waals surface area contributed by atoms with Crippen LogP contribution in [-0.4, -0.2) is 18.5 Å². The SMILES string of the molecule is CCNCc1ccccc1CN(C)Cc1ccc(C)cc1. The van der Waals surface area contributed by atoms with Gasteiger partial charge in [0.1, 0.15) is 0 Å². The van der Waals surface area contributed by atoms with Crippen LogP contribution in [0.2, 0.25) is 0 Å². The van der Waals surface area contributed by atoms with Gasteiger partial charge in [0, 0.05) is 19.6 Å². The molecule has 0 heterocycles. The molecule has 112 valence electrons. The lowest BCUT2D eigenvalue weighted by molar-refractivity contribution is 0.318. The maximum Gasteiger partial charge on any atom is 0.0237 e. The Kier molecular flexibility index (Phi) is 5.97. The van der Waals surface area contributed by atoms with Crippen molar-refractivity contribution in [2.75, 3.05) is 13.6 Å². The van der Waals surface area contributed by atoms with Crippen LogP contribution < -0.4 is 5.32 Å². The van der Waals surface area contributed by atoms with Crippen LogP contribution in [0.5, 0.6) is 0 Å². The standard InChI is InChI=1S/C19H26N2/c1-4-20-13-18-7-5-6-8-19(18)15-21(3)14-17-11-9-16(2)10-12-17/h5-12,20H,4,13-15H2,1-3H3. The average molecular weight is 282 g/mol. The second-order valence-electron chi connectivity index (χ2n) is 5.71. The van der Waals surface area contributed by atoms with E-state index in [1.54, 1.807) is 0 Å². The topological polar surface area (TPSA) is 15.3 Å². The molecule has 2 heteroatoms. The van der Waals surface area contributed by atoms with Crippen molar-refractivity contribution in [2.24, 2.45) is 0 Å². The van der Waals surface area contributed by atoms with Crippen molar-refractivity contribution >= 4 is 0 Å². The van der Waals surface area contributed by atoms with E-state index in [9.17, 15) is 0 Å². The minimum atomic E-state index is 0.949. The summed E-state index contributed by atoms with van der Waals surface area (Å²) < 4.78 is 0. The van der Waals surface area contributed by atoms with E-state index in [2.05, 4.69) is 79.6 Å². The number of hydrogen-bond acceptors (Lipinski definition) is 2. The van der Waals surface area contributed by atoms with Gasteiger partial charge in [0.05, 0.1) is 0 Å². The summed E-state index contributed by atoms with van der Waals surface area (Å²) in [5.74, 6) is 0. The highest BCUT2D eigenvalue weighted by Crippen LogP contribution is 2.13. The second-order valence-corrected chi connectivity index (χ2v) is 5.71. The van der Waals surface area contributed by atoms with Crippen LogP contribution in [-0.2, 0) is 19.6 Å². The minimum absolute atomic E-state index is 0.949. The molecule has 0 aliphatic heterocycles.